The van der Waals surface area contributed by atoms with Gasteiger partial charge in [0.1, 0.15) is 25.7 Å². The van der Waals surface area contributed by atoms with E-state index in [1.165, 1.54) is 24.5 Å². The summed E-state index contributed by atoms with van der Waals surface area (Å²) in [5.41, 5.74) is 1.00. The van der Waals surface area contributed by atoms with Crippen LogP contribution in [-0.4, -0.2) is 90.4 Å². The van der Waals surface area contributed by atoms with E-state index in [0.717, 1.165) is 10.1 Å². The number of alkyl carbamates (subject to hydrolysis) is 1. The van der Waals surface area contributed by atoms with Gasteiger partial charge in [0.15, 0.2) is 0 Å². The van der Waals surface area contributed by atoms with Crippen molar-refractivity contribution in [2.45, 2.75) is 19.1 Å². The quantitative estimate of drug-likeness (QED) is 0.391. The summed E-state index contributed by atoms with van der Waals surface area (Å²) in [7, 11) is 1.54. The molecule has 2 amide bonds. The van der Waals surface area contributed by atoms with Crippen molar-refractivity contribution in [2.24, 2.45) is 0 Å². The lowest BCUT2D eigenvalue weighted by Crippen LogP contribution is -2.42. The highest BCUT2D eigenvalue weighted by Crippen LogP contribution is 2.06. The van der Waals surface area contributed by atoms with E-state index in [-0.39, 0.29) is 38.4 Å². The van der Waals surface area contributed by atoms with Crippen LogP contribution in [0.3, 0.4) is 0 Å². The van der Waals surface area contributed by atoms with Crippen LogP contribution in [0.4, 0.5) is 14.0 Å². The van der Waals surface area contributed by atoms with E-state index < -0.39 is 30.8 Å². The van der Waals surface area contributed by atoms with Crippen LogP contribution in [0.2, 0.25) is 0 Å². The number of aromatic nitrogens is 2. The molecule has 2 aromatic rings. The Balaban J connectivity index is 1.91. The van der Waals surface area contributed by atoms with Gasteiger partial charge in [-0.1, -0.05) is 30.3 Å². The number of carbonyl (C=O) groups is 3. The van der Waals surface area contributed by atoms with Gasteiger partial charge in [0, 0.05) is 26.3 Å². The number of carboxylic acid groups (broad SMARTS) is 1. The molecule has 0 fully saturated rings. The lowest BCUT2D eigenvalue weighted by Gasteiger charge is -2.21. The fourth-order valence-corrected chi connectivity index (χ4v) is 2.88. The van der Waals surface area contributed by atoms with Gasteiger partial charge >= 0.3 is 18.1 Å². The second kappa shape index (κ2) is 14.6. The highest BCUT2D eigenvalue weighted by molar-refractivity contribution is 5.80. The highest BCUT2D eigenvalue weighted by Gasteiger charge is 2.23. The molecule has 2 N–H and O–H groups in total. The molecule has 12 heteroatoms. The molecule has 2 rings (SSSR count). The highest BCUT2D eigenvalue weighted by atomic mass is 19.1. The van der Waals surface area contributed by atoms with E-state index in [9.17, 15) is 23.9 Å². The Kier molecular flexibility index (Phi) is 11.5. The minimum absolute atomic E-state index is 0.0122. The third-order valence-corrected chi connectivity index (χ3v) is 4.64. The summed E-state index contributed by atoms with van der Waals surface area (Å²) in [6.07, 6.45) is 1.47. The van der Waals surface area contributed by atoms with Gasteiger partial charge in [-0.15, -0.1) is 0 Å². The summed E-state index contributed by atoms with van der Waals surface area (Å²) in [6, 6.07) is 7.08. The minimum atomic E-state index is -1.32. The molecule has 1 atom stereocenters. The van der Waals surface area contributed by atoms with Gasteiger partial charge in [-0.2, -0.15) is 0 Å². The maximum Gasteiger partial charge on any atom is 0.408 e. The normalized spacial score (nSPS) is 11.6. The second-order valence-electron chi connectivity index (χ2n) is 7.14. The number of methoxy groups -OCH3 is 1. The van der Waals surface area contributed by atoms with Crippen LogP contribution < -0.4 is 5.32 Å². The number of rotatable bonds is 14. The van der Waals surface area contributed by atoms with Gasteiger partial charge in [-0.3, -0.25) is 4.57 Å². The van der Waals surface area contributed by atoms with Crippen molar-refractivity contribution in [3.63, 3.8) is 0 Å². The van der Waals surface area contributed by atoms with Crippen molar-refractivity contribution in [1.29, 1.82) is 0 Å². The Labute approximate surface area is 196 Å². The number of aliphatic carboxylic acids is 1. The van der Waals surface area contributed by atoms with Gasteiger partial charge in [0.05, 0.1) is 32.1 Å². The van der Waals surface area contributed by atoms with Gasteiger partial charge in [0.25, 0.3) is 0 Å². The Morgan fingerprint density at radius 3 is 2.62 bits per heavy atom. The maximum atomic E-state index is 12.9. The zero-order chi connectivity index (χ0) is 24.8. The topological polar surface area (TPSA) is 132 Å². The first-order valence-corrected chi connectivity index (χ1v) is 10.6. The van der Waals surface area contributed by atoms with Crippen LogP contribution in [0.15, 0.2) is 42.9 Å². The summed E-state index contributed by atoms with van der Waals surface area (Å²) < 4.78 is 29.3. The van der Waals surface area contributed by atoms with Gasteiger partial charge < -0.3 is 29.5 Å². The lowest BCUT2D eigenvalue weighted by atomic mass is 10.2. The van der Waals surface area contributed by atoms with Crippen LogP contribution in [-0.2, 0) is 32.0 Å². The summed E-state index contributed by atoms with van der Waals surface area (Å²) in [4.78, 5) is 41.6. The molecule has 34 heavy (non-hydrogen) atoms. The number of carbonyl (C=O) groups excluding carboxylic acids is 2. The molecular formula is C22H29FN4O7. The number of amides is 2. The largest absolute Gasteiger partial charge is 0.480 e. The van der Waals surface area contributed by atoms with E-state index in [1.807, 2.05) is 6.07 Å². The number of ether oxygens (including phenoxy) is 3. The first-order valence-electron chi connectivity index (χ1n) is 10.6. The molecule has 186 valence electrons. The van der Waals surface area contributed by atoms with Crippen LogP contribution in [0, 0.1) is 0 Å². The van der Waals surface area contributed by atoms with E-state index in [4.69, 9.17) is 14.2 Å². The first-order chi connectivity index (χ1) is 16.4. The Morgan fingerprint density at radius 1 is 1.18 bits per heavy atom. The fourth-order valence-electron chi connectivity index (χ4n) is 2.88. The molecule has 11 nitrogen and oxygen atoms in total. The molecule has 0 bridgehead atoms. The number of nitrogens with one attached hydrogen (secondary N) is 1. The second-order valence-corrected chi connectivity index (χ2v) is 7.14. The van der Waals surface area contributed by atoms with Crippen molar-refractivity contribution in [1.82, 2.24) is 19.8 Å². The predicted octanol–water partition coefficient (Wildman–Crippen LogP) is 1.71. The number of hydrogen-bond donors (Lipinski definition) is 2. The fraction of sp³-hybridized carbons (Fsp3) is 0.455. The SMILES string of the molecule is COCCOCCN(CCF)C(=O)n1cnc(CC(NC(=O)OCc2ccccc2)C(=O)O)c1. The Morgan fingerprint density at radius 2 is 1.94 bits per heavy atom. The molecule has 1 aromatic carbocycles. The number of imidazole rings is 1. The first kappa shape index (κ1) is 26.7. The summed E-state index contributed by atoms with van der Waals surface area (Å²) in [5, 5.41) is 11.7. The molecule has 0 aliphatic heterocycles. The average Bonchev–Trinajstić information content (AvgIpc) is 3.30. The summed E-state index contributed by atoms with van der Waals surface area (Å²) in [5.74, 6) is -1.29. The maximum absolute atomic E-state index is 12.9. The molecule has 1 heterocycles. The van der Waals surface area contributed by atoms with Crippen LogP contribution in [0.25, 0.3) is 0 Å². The van der Waals surface area contributed by atoms with E-state index in [1.54, 1.807) is 24.3 Å². The number of hydrogen-bond acceptors (Lipinski definition) is 7. The van der Waals surface area contributed by atoms with Crippen LogP contribution in [0.1, 0.15) is 11.3 Å². The molecule has 0 aliphatic carbocycles. The van der Waals surface area contributed by atoms with Crippen LogP contribution in [0.5, 0.6) is 0 Å². The zero-order valence-electron chi connectivity index (χ0n) is 18.9. The van der Waals surface area contributed by atoms with Gasteiger partial charge in [0.2, 0.25) is 0 Å². The third kappa shape index (κ3) is 9.16. The Hall–Kier alpha value is -3.51. The summed E-state index contributed by atoms with van der Waals surface area (Å²) >= 11 is 0. The van der Waals surface area contributed by atoms with Gasteiger partial charge in [-0.05, 0) is 5.56 Å². The lowest BCUT2D eigenvalue weighted by molar-refractivity contribution is -0.139. The zero-order valence-corrected chi connectivity index (χ0v) is 18.9. The number of nitrogens with zero attached hydrogens (tertiary/aromatic N) is 3. The van der Waals surface area contributed by atoms with Crippen molar-refractivity contribution >= 4 is 18.1 Å². The van der Waals surface area contributed by atoms with Gasteiger partial charge in [-0.25, -0.2) is 23.8 Å². The average molecular weight is 480 g/mol. The smallest absolute Gasteiger partial charge is 0.408 e. The molecule has 1 aromatic heterocycles. The molecule has 0 saturated heterocycles. The number of carboxylic acids is 1. The molecule has 1 unspecified atom stereocenters. The molecule has 0 radical (unpaired) electrons. The number of benzene rings is 1. The number of halogens is 1. The summed E-state index contributed by atoms with van der Waals surface area (Å²) in [6.45, 7) is 0.232. The molecule has 0 saturated carbocycles. The van der Waals surface area contributed by atoms with Crippen molar-refractivity contribution in [3.05, 3.63) is 54.1 Å². The predicted molar refractivity (Wildman–Crippen MR) is 118 cm³/mol. The monoisotopic (exact) mass is 480 g/mol. The third-order valence-electron chi connectivity index (χ3n) is 4.64. The number of alkyl halides is 1. The molecule has 0 aliphatic rings. The Bertz CT molecular complexity index is 910. The standard InChI is InChI=1S/C22H29FN4O7/c1-32-11-12-33-10-9-26(8-7-23)22(31)27-14-18(24-16-27)13-19(20(28)29)25-21(30)34-15-17-5-3-2-4-6-17/h2-6,14,16,19H,7-13,15H2,1H3,(H,25,30)(H,28,29). The minimum Gasteiger partial charge on any atom is -0.480 e. The van der Waals surface area contributed by atoms with Crippen molar-refractivity contribution in [3.8, 4) is 0 Å². The van der Waals surface area contributed by atoms with Crippen molar-refractivity contribution in [2.75, 3.05) is 46.7 Å². The van der Waals surface area contributed by atoms with E-state index in [0.29, 0.717) is 13.2 Å². The van der Waals surface area contributed by atoms with Crippen molar-refractivity contribution < 1.29 is 38.1 Å². The van der Waals surface area contributed by atoms with E-state index in [2.05, 4.69) is 10.3 Å². The van der Waals surface area contributed by atoms with E-state index >= 15 is 0 Å². The molecule has 0 spiro atoms. The van der Waals surface area contributed by atoms with Crippen LogP contribution >= 0.6 is 0 Å². The molecular weight excluding hydrogens is 451 g/mol.